The third-order valence-electron chi connectivity index (χ3n) is 4.22. The van der Waals surface area contributed by atoms with E-state index in [4.69, 9.17) is 0 Å². The van der Waals surface area contributed by atoms with Crippen molar-refractivity contribution in [3.05, 3.63) is 30.6 Å². The maximum atomic E-state index is 12.2. The number of rotatable bonds is 6. The van der Waals surface area contributed by atoms with Gasteiger partial charge < -0.3 is 20.3 Å². The van der Waals surface area contributed by atoms with Crippen LogP contribution in [0.5, 0.6) is 0 Å². The molecule has 2 rings (SSSR count). The summed E-state index contributed by atoms with van der Waals surface area (Å²) >= 11 is 0. The van der Waals surface area contributed by atoms with Crippen LogP contribution in [0.4, 0.5) is 10.5 Å². The average molecular weight is 331 g/mol. The Bertz CT molecular complexity index is 694. The summed E-state index contributed by atoms with van der Waals surface area (Å²) in [4.78, 5) is 12.2. The second-order valence-electron chi connectivity index (χ2n) is 6.31. The van der Waals surface area contributed by atoms with Gasteiger partial charge in [0.05, 0.1) is 11.3 Å². The zero-order valence-corrected chi connectivity index (χ0v) is 14.6. The van der Waals surface area contributed by atoms with Gasteiger partial charge in [-0.15, -0.1) is 10.2 Å². The highest BCUT2D eigenvalue weighted by atomic mass is 16.3. The third-order valence-corrected chi connectivity index (χ3v) is 4.22. The predicted molar refractivity (Wildman–Crippen MR) is 93.6 cm³/mol. The first-order chi connectivity index (χ1) is 11.3. The molecule has 0 aliphatic rings. The van der Waals surface area contributed by atoms with Crippen LogP contribution in [-0.2, 0) is 6.54 Å². The Kier molecular flexibility index (Phi) is 5.56. The van der Waals surface area contributed by atoms with Crippen molar-refractivity contribution in [2.24, 2.45) is 5.92 Å². The Morgan fingerprint density at radius 1 is 1.38 bits per heavy atom. The number of carbonyl (C=O) groups excluding carboxylic acids is 1. The largest absolute Gasteiger partial charge is 0.388 e. The Hall–Kier alpha value is -2.41. The van der Waals surface area contributed by atoms with Gasteiger partial charge in [-0.3, -0.25) is 0 Å². The monoisotopic (exact) mass is 331 g/mol. The van der Waals surface area contributed by atoms with Crippen molar-refractivity contribution in [3.8, 4) is 11.4 Å². The number of aliphatic hydroxyl groups is 1. The summed E-state index contributed by atoms with van der Waals surface area (Å²) < 4.78 is 1.90. The molecule has 0 radical (unpaired) electrons. The molecule has 1 unspecified atom stereocenters. The van der Waals surface area contributed by atoms with E-state index in [1.807, 2.05) is 49.6 Å². The number of hydrogen-bond acceptors (Lipinski definition) is 4. The number of hydrogen-bond donors (Lipinski definition) is 3. The summed E-state index contributed by atoms with van der Waals surface area (Å²) in [6.45, 7) is 8.43. The second-order valence-corrected chi connectivity index (χ2v) is 6.31. The summed E-state index contributed by atoms with van der Waals surface area (Å²) in [5.41, 5.74) is 0.476. The molecule has 1 aromatic heterocycles. The van der Waals surface area contributed by atoms with Crippen LogP contribution in [0.3, 0.4) is 0 Å². The van der Waals surface area contributed by atoms with Crippen molar-refractivity contribution in [3.63, 3.8) is 0 Å². The number of amides is 2. The van der Waals surface area contributed by atoms with Crippen LogP contribution in [0, 0.1) is 5.92 Å². The molecule has 0 aliphatic heterocycles. The number of urea groups is 1. The average Bonchev–Trinajstić information content (AvgIpc) is 3.02. The molecule has 1 atom stereocenters. The fourth-order valence-electron chi connectivity index (χ4n) is 2.11. The summed E-state index contributed by atoms with van der Waals surface area (Å²) in [5.74, 6) is 0.732. The zero-order chi connectivity index (χ0) is 17.7. The van der Waals surface area contributed by atoms with Crippen LogP contribution in [-0.4, -0.2) is 38.0 Å². The van der Waals surface area contributed by atoms with E-state index in [1.165, 1.54) is 0 Å². The van der Waals surface area contributed by atoms with E-state index in [1.54, 1.807) is 13.3 Å². The maximum absolute atomic E-state index is 12.2. The van der Waals surface area contributed by atoms with Gasteiger partial charge in [0.1, 0.15) is 6.33 Å². The van der Waals surface area contributed by atoms with Gasteiger partial charge >= 0.3 is 6.03 Å². The lowest BCUT2D eigenvalue weighted by atomic mass is 9.93. The lowest BCUT2D eigenvalue weighted by molar-refractivity contribution is 0.0170. The molecule has 0 aliphatic carbocycles. The van der Waals surface area contributed by atoms with Crippen LogP contribution < -0.4 is 10.6 Å². The van der Waals surface area contributed by atoms with Gasteiger partial charge in [-0.05, 0) is 31.9 Å². The molecule has 0 spiro atoms. The van der Waals surface area contributed by atoms with Crippen molar-refractivity contribution < 1.29 is 9.90 Å². The second kappa shape index (κ2) is 7.44. The van der Waals surface area contributed by atoms with Gasteiger partial charge in [0.25, 0.3) is 0 Å². The molecule has 1 heterocycles. The van der Waals surface area contributed by atoms with E-state index >= 15 is 0 Å². The van der Waals surface area contributed by atoms with Crippen molar-refractivity contribution in [2.45, 2.75) is 39.8 Å². The van der Waals surface area contributed by atoms with Crippen molar-refractivity contribution in [1.29, 1.82) is 0 Å². The highest BCUT2D eigenvalue weighted by Gasteiger charge is 2.25. The summed E-state index contributed by atoms with van der Waals surface area (Å²) in [7, 11) is 0. The molecule has 130 valence electrons. The van der Waals surface area contributed by atoms with E-state index in [2.05, 4.69) is 20.8 Å². The first-order valence-electron chi connectivity index (χ1n) is 8.09. The molecule has 24 heavy (non-hydrogen) atoms. The molecule has 0 bridgehead atoms. The molecule has 0 fully saturated rings. The number of nitrogens with one attached hydrogen (secondary N) is 2. The molecule has 0 saturated heterocycles. The molecular formula is C17H25N5O2. The van der Waals surface area contributed by atoms with E-state index in [0.29, 0.717) is 11.5 Å². The van der Waals surface area contributed by atoms with Crippen LogP contribution in [0.15, 0.2) is 30.6 Å². The fourth-order valence-corrected chi connectivity index (χ4v) is 2.11. The molecule has 2 aromatic rings. The van der Waals surface area contributed by atoms with Crippen LogP contribution in [0.2, 0.25) is 0 Å². The first-order valence-corrected chi connectivity index (χ1v) is 8.09. The van der Waals surface area contributed by atoms with E-state index < -0.39 is 5.60 Å². The number of anilines is 1. The number of aryl methyl sites for hydroxylation is 1. The highest BCUT2D eigenvalue weighted by Crippen LogP contribution is 2.26. The Labute approximate surface area is 142 Å². The molecule has 1 aromatic carbocycles. The van der Waals surface area contributed by atoms with Gasteiger partial charge in [0, 0.05) is 18.7 Å². The van der Waals surface area contributed by atoms with Crippen molar-refractivity contribution in [1.82, 2.24) is 20.1 Å². The molecule has 7 nitrogen and oxygen atoms in total. The van der Waals surface area contributed by atoms with Gasteiger partial charge in [-0.1, -0.05) is 26.0 Å². The molecule has 7 heteroatoms. The van der Waals surface area contributed by atoms with E-state index in [9.17, 15) is 9.90 Å². The Morgan fingerprint density at radius 2 is 2.08 bits per heavy atom. The van der Waals surface area contributed by atoms with Gasteiger partial charge in [0.2, 0.25) is 0 Å². The van der Waals surface area contributed by atoms with Crippen LogP contribution in [0.1, 0.15) is 27.7 Å². The van der Waals surface area contributed by atoms with Gasteiger partial charge in [-0.25, -0.2) is 4.79 Å². The summed E-state index contributed by atoms with van der Waals surface area (Å²) in [6.07, 6.45) is 1.66. The topological polar surface area (TPSA) is 92.1 Å². The standard InChI is InChI=1S/C17H25N5O2/c1-5-22-11-19-21-15(22)13-8-6-7-9-14(13)20-16(23)18-10-17(4,24)12(2)3/h6-9,11-12,24H,5,10H2,1-4H3,(H2,18,20,23). The number of carbonyl (C=O) groups is 1. The normalized spacial score (nSPS) is 13.6. The predicted octanol–water partition coefficient (Wildman–Crippen LogP) is 2.49. The minimum absolute atomic E-state index is 0.0354. The lowest BCUT2D eigenvalue weighted by Crippen LogP contribution is -2.45. The smallest absolute Gasteiger partial charge is 0.319 e. The van der Waals surface area contributed by atoms with E-state index in [-0.39, 0.29) is 18.5 Å². The summed E-state index contributed by atoms with van der Waals surface area (Å²) in [5, 5.41) is 23.8. The minimum atomic E-state index is -0.959. The quantitative estimate of drug-likeness (QED) is 0.758. The number of aromatic nitrogens is 3. The van der Waals surface area contributed by atoms with Crippen LogP contribution >= 0.6 is 0 Å². The Morgan fingerprint density at radius 3 is 2.75 bits per heavy atom. The SMILES string of the molecule is CCn1cnnc1-c1ccccc1NC(=O)NCC(C)(O)C(C)C. The number of para-hydroxylation sites is 1. The molecular weight excluding hydrogens is 306 g/mol. The van der Waals surface area contributed by atoms with Gasteiger partial charge in [0.15, 0.2) is 5.82 Å². The molecule has 2 amide bonds. The summed E-state index contributed by atoms with van der Waals surface area (Å²) in [6, 6.07) is 7.05. The van der Waals surface area contributed by atoms with E-state index in [0.717, 1.165) is 12.1 Å². The molecule has 0 saturated carbocycles. The third kappa shape index (κ3) is 4.11. The first kappa shape index (κ1) is 17.9. The minimum Gasteiger partial charge on any atom is -0.388 e. The molecule has 3 N–H and O–H groups in total. The zero-order valence-electron chi connectivity index (χ0n) is 14.6. The number of nitrogens with zero attached hydrogens (tertiary/aromatic N) is 3. The number of benzene rings is 1. The van der Waals surface area contributed by atoms with Crippen molar-refractivity contribution >= 4 is 11.7 Å². The maximum Gasteiger partial charge on any atom is 0.319 e. The highest BCUT2D eigenvalue weighted by molar-refractivity contribution is 5.93. The van der Waals surface area contributed by atoms with Gasteiger partial charge in [-0.2, -0.15) is 0 Å². The van der Waals surface area contributed by atoms with Crippen LogP contribution in [0.25, 0.3) is 11.4 Å². The van der Waals surface area contributed by atoms with Crippen molar-refractivity contribution in [2.75, 3.05) is 11.9 Å². The fraction of sp³-hybridized carbons (Fsp3) is 0.471. The lowest BCUT2D eigenvalue weighted by Gasteiger charge is -2.27. The Balaban J connectivity index is 2.12.